The summed E-state index contributed by atoms with van der Waals surface area (Å²) in [5, 5.41) is 96.0. The molecule has 27 nitrogen and oxygen atoms in total. The average molecular weight is 1220 g/mol. The zero-order valence-corrected chi connectivity index (χ0v) is 50.9. The van der Waals surface area contributed by atoms with E-state index in [4.69, 9.17) is 30.3 Å². The monoisotopic (exact) mass is 1220 g/mol. The van der Waals surface area contributed by atoms with Crippen molar-refractivity contribution in [1.82, 2.24) is 102 Å². The van der Waals surface area contributed by atoms with Crippen LogP contribution >= 0.6 is 0 Å². The summed E-state index contributed by atoms with van der Waals surface area (Å²) in [6.45, 7) is 8.45. The van der Waals surface area contributed by atoms with Crippen LogP contribution in [0.1, 0.15) is 104 Å². The van der Waals surface area contributed by atoms with Gasteiger partial charge < -0.3 is 30.6 Å². The SMILES string of the molecule is CC[C@@H](C1CCC1)n1cc(-c2nc(-c3cnn(C[C@@H](O)CO)c3)cn3nccc23)cn1.CC[C@H](C)n1cc(-c2nc(-c3cnn(C[C@@H](O)CO)c3)cn3nccc23)cn1.CC[C@H](C1CCC1)n1cc(-c2nc(-c3cnn(C[C@@H](O)CO)c3)cn3nccc23)cn1. The highest BCUT2D eigenvalue weighted by Crippen LogP contribution is 2.40. The Labute approximate surface area is 518 Å². The van der Waals surface area contributed by atoms with Gasteiger partial charge in [-0.25, -0.2) is 28.5 Å². The third-order valence-corrected chi connectivity index (χ3v) is 17.4. The molecule has 0 saturated heterocycles. The smallest absolute Gasteiger partial charge is 0.0999 e. The lowest BCUT2D eigenvalue weighted by Crippen LogP contribution is -2.25. The Balaban J connectivity index is 0.000000131. The molecule has 6 N–H and O–H groups in total. The summed E-state index contributed by atoms with van der Waals surface area (Å²) in [7, 11) is 0. The maximum Gasteiger partial charge on any atom is 0.0999 e. The Hall–Kier alpha value is -9.12. The fourth-order valence-corrected chi connectivity index (χ4v) is 11.7. The summed E-state index contributed by atoms with van der Waals surface area (Å²) < 4.78 is 16.4. The van der Waals surface area contributed by atoms with E-state index >= 15 is 0 Å². The van der Waals surface area contributed by atoms with Crippen LogP contribution in [0.2, 0.25) is 0 Å². The summed E-state index contributed by atoms with van der Waals surface area (Å²) in [6.07, 6.45) is 41.5. The van der Waals surface area contributed by atoms with Crippen LogP contribution in [0.3, 0.4) is 0 Å². The largest absolute Gasteiger partial charge is 0.394 e. The first-order valence-corrected chi connectivity index (χ1v) is 31.0. The lowest BCUT2D eigenvalue weighted by Gasteiger charge is -2.33. The summed E-state index contributed by atoms with van der Waals surface area (Å²) in [6, 6.07) is 7.01. The molecule has 0 bridgehead atoms. The van der Waals surface area contributed by atoms with Crippen molar-refractivity contribution in [2.45, 2.75) is 142 Å². The van der Waals surface area contributed by atoms with Gasteiger partial charge in [0.05, 0.1) is 195 Å². The molecule has 90 heavy (non-hydrogen) atoms. The van der Waals surface area contributed by atoms with E-state index in [1.165, 1.54) is 38.5 Å². The fourth-order valence-electron chi connectivity index (χ4n) is 11.7. The van der Waals surface area contributed by atoms with Crippen molar-refractivity contribution < 1.29 is 30.6 Å². The topological polar surface area (TPSA) is 319 Å². The van der Waals surface area contributed by atoms with Crippen LogP contribution in [0.4, 0.5) is 0 Å². The lowest BCUT2D eigenvalue weighted by atomic mass is 9.79. The van der Waals surface area contributed by atoms with E-state index < -0.39 is 18.3 Å². The molecular formula is C63H77N21O6. The van der Waals surface area contributed by atoms with Crippen LogP contribution < -0.4 is 0 Å². The van der Waals surface area contributed by atoms with Gasteiger partial charge in [0.15, 0.2) is 0 Å². The summed E-state index contributed by atoms with van der Waals surface area (Å²) in [5.74, 6) is 1.43. The molecule has 14 rings (SSSR count). The predicted octanol–water partition coefficient (Wildman–Crippen LogP) is 6.90. The van der Waals surface area contributed by atoms with Crippen molar-refractivity contribution in [3.8, 4) is 67.5 Å². The molecular weight excluding hydrogens is 1150 g/mol. The van der Waals surface area contributed by atoms with E-state index in [0.29, 0.717) is 35.7 Å². The fraction of sp³-hybridized carbons (Fsp3) is 0.429. The highest BCUT2D eigenvalue weighted by atomic mass is 16.3. The van der Waals surface area contributed by atoms with Gasteiger partial charge in [0, 0.05) is 76.6 Å². The van der Waals surface area contributed by atoms with Gasteiger partial charge in [-0.15, -0.1) is 0 Å². The zero-order chi connectivity index (χ0) is 62.4. The van der Waals surface area contributed by atoms with Crippen LogP contribution in [0.25, 0.3) is 84.1 Å². The van der Waals surface area contributed by atoms with Crippen LogP contribution in [-0.4, -0.2) is 171 Å². The molecule has 6 atom stereocenters. The Kier molecular flexibility index (Phi) is 18.6. The van der Waals surface area contributed by atoms with E-state index in [9.17, 15) is 15.3 Å². The lowest BCUT2D eigenvalue weighted by molar-refractivity contribution is 0.0782. The maximum absolute atomic E-state index is 9.68. The second-order valence-electron chi connectivity index (χ2n) is 23.5. The van der Waals surface area contributed by atoms with Crippen molar-refractivity contribution in [1.29, 1.82) is 0 Å². The van der Waals surface area contributed by atoms with Crippen molar-refractivity contribution >= 4 is 16.6 Å². The highest BCUT2D eigenvalue weighted by molar-refractivity contribution is 5.80. The van der Waals surface area contributed by atoms with E-state index in [2.05, 4.69) is 95.3 Å². The Morgan fingerprint density at radius 1 is 0.400 bits per heavy atom. The molecule has 12 heterocycles. The third kappa shape index (κ3) is 13.1. The normalized spacial score (nSPS) is 15.7. The molecule has 0 radical (unpaired) electrons. The van der Waals surface area contributed by atoms with E-state index in [-0.39, 0.29) is 39.5 Å². The first kappa shape index (κ1) is 61.1. The summed E-state index contributed by atoms with van der Waals surface area (Å²) in [5.41, 5.74) is 12.7. The second kappa shape index (κ2) is 27.3. The van der Waals surface area contributed by atoms with Crippen LogP contribution in [0, 0.1) is 11.8 Å². The number of nitrogens with zero attached hydrogens (tertiary/aromatic N) is 21. The number of aliphatic hydroxyl groups is 6. The minimum atomic E-state index is -0.851. The Morgan fingerprint density at radius 2 is 0.722 bits per heavy atom. The van der Waals surface area contributed by atoms with Gasteiger partial charge in [-0.2, -0.15) is 45.9 Å². The second-order valence-corrected chi connectivity index (χ2v) is 23.5. The van der Waals surface area contributed by atoms with Gasteiger partial charge in [0.1, 0.15) is 0 Å². The first-order chi connectivity index (χ1) is 43.9. The average Bonchev–Trinajstić information content (AvgIpc) is 1.77. The quantitative estimate of drug-likeness (QED) is 0.0379. The number of aromatic nitrogens is 21. The van der Waals surface area contributed by atoms with E-state index in [1.807, 2.05) is 87.7 Å². The number of hydrogen-bond acceptors (Lipinski definition) is 18. The van der Waals surface area contributed by atoms with Gasteiger partial charge in [-0.05, 0) is 81.9 Å². The molecule has 12 aromatic rings. The number of rotatable bonds is 23. The molecule has 2 aliphatic carbocycles. The van der Waals surface area contributed by atoms with E-state index in [1.54, 1.807) is 61.9 Å². The minimum Gasteiger partial charge on any atom is -0.394 e. The molecule has 0 spiro atoms. The predicted molar refractivity (Wildman–Crippen MR) is 334 cm³/mol. The molecule has 0 unspecified atom stereocenters. The summed E-state index contributed by atoms with van der Waals surface area (Å²) >= 11 is 0. The van der Waals surface area contributed by atoms with Gasteiger partial charge in [-0.3, -0.25) is 28.1 Å². The molecule has 12 aromatic heterocycles. The van der Waals surface area contributed by atoms with Crippen molar-refractivity contribution in [2.24, 2.45) is 11.8 Å². The van der Waals surface area contributed by atoms with Gasteiger partial charge >= 0.3 is 0 Å². The van der Waals surface area contributed by atoms with Gasteiger partial charge in [0.25, 0.3) is 0 Å². The first-order valence-electron chi connectivity index (χ1n) is 31.0. The standard InChI is InChI=1S/2C22H27N7O2.C19H23N7O2/c2*1-2-20(15-4-3-5-15)28-11-17(9-25-28)22-21-6-7-23-29(21)13-19(26-22)16-8-24-27(10-16)12-18(31)14-30;1-3-13(2)25-9-15(7-22-25)19-18-4-5-20-26(18)11-17(23-19)14-6-21-24(8-14)10-16(28)12-27/h2*6-11,13,15,18,20,30-31H,2-5,12,14H2,1H3;4-9,11,13,16,27-28H,3,10,12H2,1-2H3/t18-,20+;18-,20-;13-,16+/m110/s1. The van der Waals surface area contributed by atoms with Gasteiger partial charge in [-0.1, -0.05) is 33.6 Å². The summed E-state index contributed by atoms with van der Waals surface area (Å²) in [4.78, 5) is 14.7. The minimum absolute atomic E-state index is 0.217. The molecule has 0 amide bonds. The Bertz CT molecular complexity index is 4100. The Morgan fingerprint density at radius 3 is 1.02 bits per heavy atom. The van der Waals surface area contributed by atoms with Crippen LogP contribution in [0.5, 0.6) is 0 Å². The van der Waals surface area contributed by atoms with Gasteiger partial charge in [0.2, 0.25) is 0 Å². The molecule has 0 aliphatic heterocycles. The van der Waals surface area contributed by atoms with E-state index in [0.717, 1.165) is 97.7 Å². The van der Waals surface area contributed by atoms with Crippen LogP contribution in [0.15, 0.2) is 130 Å². The molecule has 470 valence electrons. The van der Waals surface area contributed by atoms with Crippen LogP contribution in [-0.2, 0) is 19.6 Å². The molecule has 0 aromatic carbocycles. The number of hydrogen-bond donors (Lipinski definition) is 6. The highest BCUT2D eigenvalue weighted by Gasteiger charge is 2.30. The molecule has 2 aliphatic rings. The van der Waals surface area contributed by atoms with Crippen molar-refractivity contribution in [2.75, 3.05) is 19.8 Å². The number of fused-ring (bicyclic) bond motifs is 3. The van der Waals surface area contributed by atoms with Crippen molar-refractivity contribution in [3.63, 3.8) is 0 Å². The number of aliphatic hydroxyl groups excluding tert-OH is 6. The third-order valence-electron chi connectivity index (χ3n) is 17.4. The van der Waals surface area contributed by atoms with Crippen molar-refractivity contribution in [3.05, 3.63) is 130 Å². The zero-order valence-electron chi connectivity index (χ0n) is 50.9. The molecule has 27 heteroatoms. The molecule has 2 saturated carbocycles. The maximum atomic E-state index is 9.68. The molecule has 2 fully saturated rings.